The molecule has 4 aromatic rings. The first kappa shape index (κ1) is 15.3. The van der Waals surface area contributed by atoms with Gasteiger partial charge in [0.1, 0.15) is 11.6 Å². The molecule has 0 fully saturated rings. The van der Waals surface area contributed by atoms with Crippen LogP contribution in [-0.2, 0) is 5.75 Å². The monoisotopic (exact) mass is 352 g/mol. The molecule has 25 heavy (non-hydrogen) atoms. The first-order valence-electron chi connectivity index (χ1n) is 7.39. The van der Waals surface area contributed by atoms with Gasteiger partial charge < -0.3 is 10.1 Å². The predicted octanol–water partition coefficient (Wildman–Crippen LogP) is 1.90. The second kappa shape index (κ2) is 6.36. The molecule has 8 nitrogen and oxygen atoms in total. The van der Waals surface area contributed by atoms with Gasteiger partial charge in [-0.25, -0.2) is 4.98 Å². The topological polar surface area (TPSA) is 110 Å². The summed E-state index contributed by atoms with van der Waals surface area (Å²) in [7, 11) is 0. The maximum atomic E-state index is 12.1. The van der Waals surface area contributed by atoms with Crippen molar-refractivity contribution in [1.82, 2.24) is 30.2 Å². The molecule has 0 spiro atoms. The third kappa shape index (κ3) is 3.09. The van der Waals surface area contributed by atoms with Crippen molar-refractivity contribution < 1.29 is 5.11 Å². The summed E-state index contributed by atoms with van der Waals surface area (Å²) in [5.74, 6) is 1.14. The van der Waals surface area contributed by atoms with Crippen LogP contribution in [0.3, 0.4) is 0 Å². The van der Waals surface area contributed by atoms with Crippen molar-refractivity contribution in [3.63, 3.8) is 0 Å². The fourth-order valence-corrected chi connectivity index (χ4v) is 3.12. The minimum atomic E-state index is -0.167. The van der Waals surface area contributed by atoms with Crippen molar-refractivity contribution in [2.24, 2.45) is 0 Å². The lowest BCUT2D eigenvalue weighted by atomic mass is 10.2. The molecule has 0 aliphatic heterocycles. The zero-order valence-electron chi connectivity index (χ0n) is 12.8. The van der Waals surface area contributed by atoms with Crippen LogP contribution in [0.25, 0.3) is 16.6 Å². The summed E-state index contributed by atoms with van der Waals surface area (Å²) in [6, 6.07) is 13.7. The van der Waals surface area contributed by atoms with Gasteiger partial charge in [0.05, 0.1) is 22.3 Å². The molecular weight excluding hydrogens is 340 g/mol. The number of nitrogens with zero attached hydrogens (tertiary/aromatic N) is 5. The molecule has 2 aromatic heterocycles. The van der Waals surface area contributed by atoms with E-state index in [0.29, 0.717) is 27.6 Å². The lowest BCUT2D eigenvalue weighted by Crippen LogP contribution is -2.11. The standard InChI is InChI=1S/C16H12N6O2S/c23-11-7-5-10(6-8-11)22-16(19-20-21-22)25-9-14-17-13-4-2-1-3-12(13)15(24)18-14/h1-8,23H,9H2,(H,17,18,24). The van der Waals surface area contributed by atoms with E-state index in [-0.39, 0.29) is 11.3 Å². The largest absolute Gasteiger partial charge is 0.508 e. The molecule has 0 radical (unpaired) electrons. The number of aromatic amines is 1. The molecule has 0 aliphatic rings. The summed E-state index contributed by atoms with van der Waals surface area (Å²) in [4.78, 5) is 19.4. The summed E-state index contributed by atoms with van der Waals surface area (Å²) in [5.41, 5.74) is 1.21. The number of aromatic nitrogens is 6. The zero-order valence-corrected chi connectivity index (χ0v) is 13.6. The molecular formula is C16H12N6O2S. The summed E-state index contributed by atoms with van der Waals surface area (Å²) in [6.07, 6.45) is 0. The lowest BCUT2D eigenvalue weighted by Gasteiger charge is -2.05. The van der Waals surface area contributed by atoms with E-state index in [1.54, 1.807) is 47.1 Å². The highest BCUT2D eigenvalue weighted by atomic mass is 32.2. The van der Waals surface area contributed by atoms with Crippen molar-refractivity contribution in [1.29, 1.82) is 0 Å². The maximum absolute atomic E-state index is 12.1. The van der Waals surface area contributed by atoms with Crippen LogP contribution in [-0.4, -0.2) is 35.3 Å². The van der Waals surface area contributed by atoms with Crippen LogP contribution in [0.1, 0.15) is 5.82 Å². The van der Waals surface area contributed by atoms with Crippen molar-refractivity contribution in [2.45, 2.75) is 10.9 Å². The fraction of sp³-hybridized carbons (Fsp3) is 0.0625. The van der Waals surface area contributed by atoms with E-state index in [2.05, 4.69) is 25.5 Å². The normalized spacial score (nSPS) is 11.0. The summed E-state index contributed by atoms with van der Waals surface area (Å²) in [5, 5.41) is 22.1. The Kier molecular flexibility index (Phi) is 3.90. The highest BCUT2D eigenvalue weighted by Gasteiger charge is 2.11. The smallest absolute Gasteiger partial charge is 0.258 e. The molecule has 2 heterocycles. The Morgan fingerprint density at radius 1 is 1.12 bits per heavy atom. The molecule has 0 unspecified atom stereocenters. The SMILES string of the molecule is O=c1[nH]c(CSc2nnnn2-c2ccc(O)cc2)nc2ccccc12. The van der Waals surface area contributed by atoms with Crippen molar-refractivity contribution >= 4 is 22.7 Å². The average Bonchev–Trinajstić information content (AvgIpc) is 3.09. The van der Waals surface area contributed by atoms with Crippen LogP contribution in [0.5, 0.6) is 5.75 Å². The van der Waals surface area contributed by atoms with Crippen LogP contribution in [0.4, 0.5) is 0 Å². The number of benzene rings is 2. The number of hydrogen-bond acceptors (Lipinski definition) is 7. The highest BCUT2D eigenvalue weighted by molar-refractivity contribution is 7.98. The Labute approximate surface area is 145 Å². The Morgan fingerprint density at radius 3 is 2.76 bits per heavy atom. The number of thioether (sulfide) groups is 1. The molecule has 0 saturated carbocycles. The Balaban J connectivity index is 1.59. The number of hydrogen-bond donors (Lipinski definition) is 2. The molecule has 0 atom stereocenters. The molecule has 4 rings (SSSR count). The zero-order chi connectivity index (χ0) is 17.2. The highest BCUT2D eigenvalue weighted by Crippen LogP contribution is 2.22. The molecule has 0 aliphatic carbocycles. The fourth-order valence-electron chi connectivity index (χ4n) is 2.36. The third-order valence-corrected chi connectivity index (χ3v) is 4.47. The van der Waals surface area contributed by atoms with Gasteiger partial charge in [0, 0.05) is 0 Å². The number of para-hydroxylation sites is 1. The van der Waals surface area contributed by atoms with E-state index >= 15 is 0 Å². The molecule has 0 saturated heterocycles. The third-order valence-electron chi connectivity index (χ3n) is 3.54. The maximum Gasteiger partial charge on any atom is 0.258 e. The quantitative estimate of drug-likeness (QED) is 0.540. The first-order valence-corrected chi connectivity index (χ1v) is 8.38. The molecule has 9 heteroatoms. The van der Waals surface area contributed by atoms with Crippen LogP contribution in [0.15, 0.2) is 58.5 Å². The lowest BCUT2D eigenvalue weighted by molar-refractivity contribution is 0.475. The van der Waals surface area contributed by atoms with E-state index in [1.165, 1.54) is 11.8 Å². The van der Waals surface area contributed by atoms with Gasteiger partial charge in [0.15, 0.2) is 0 Å². The van der Waals surface area contributed by atoms with Crippen LogP contribution < -0.4 is 5.56 Å². The van der Waals surface area contributed by atoms with E-state index in [0.717, 1.165) is 5.69 Å². The van der Waals surface area contributed by atoms with Gasteiger partial charge in [-0.15, -0.1) is 5.10 Å². The first-order chi connectivity index (χ1) is 12.2. The van der Waals surface area contributed by atoms with E-state index < -0.39 is 0 Å². The number of nitrogens with one attached hydrogen (secondary N) is 1. The van der Waals surface area contributed by atoms with E-state index in [9.17, 15) is 9.90 Å². The second-order valence-corrected chi connectivity index (χ2v) is 6.15. The Morgan fingerprint density at radius 2 is 1.92 bits per heavy atom. The van der Waals surface area contributed by atoms with Crippen molar-refractivity contribution in [3.8, 4) is 11.4 Å². The van der Waals surface area contributed by atoms with Gasteiger partial charge in [0.25, 0.3) is 5.56 Å². The summed E-state index contributed by atoms with van der Waals surface area (Å²) >= 11 is 1.35. The minimum Gasteiger partial charge on any atom is -0.508 e. The van der Waals surface area contributed by atoms with Gasteiger partial charge in [-0.2, -0.15) is 4.68 Å². The number of fused-ring (bicyclic) bond motifs is 1. The number of aromatic hydroxyl groups is 1. The Hall–Kier alpha value is -3.20. The van der Waals surface area contributed by atoms with Crippen LogP contribution >= 0.6 is 11.8 Å². The number of rotatable bonds is 4. The summed E-state index contributed by atoms with van der Waals surface area (Å²) < 4.78 is 1.56. The van der Waals surface area contributed by atoms with Crippen LogP contribution in [0, 0.1) is 0 Å². The average molecular weight is 352 g/mol. The molecule has 2 aromatic carbocycles. The van der Waals surface area contributed by atoms with Gasteiger partial charge >= 0.3 is 0 Å². The number of H-pyrrole nitrogens is 1. The molecule has 124 valence electrons. The number of phenols is 1. The van der Waals surface area contributed by atoms with Gasteiger partial charge in [-0.3, -0.25) is 4.79 Å². The molecule has 0 amide bonds. The molecule has 0 bridgehead atoms. The summed E-state index contributed by atoms with van der Waals surface area (Å²) in [6.45, 7) is 0. The van der Waals surface area contributed by atoms with Crippen molar-refractivity contribution in [2.75, 3.05) is 0 Å². The number of phenolic OH excluding ortho intramolecular Hbond substituents is 1. The van der Waals surface area contributed by atoms with E-state index in [4.69, 9.17) is 0 Å². The molecule has 2 N–H and O–H groups in total. The van der Waals surface area contributed by atoms with E-state index in [1.807, 2.05) is 6.07 Å². The predicted molar refractivity (Wildman–Crippen MR) is 92.7 cm³/mol. The Bertz CT molecular complexity index is 1090. The van der Waals surface area contributed by atoms with Gasteiger partial charge in [0.2, 0.25) is 5.16 Å². The van der Waals surface area contributed by atoms with Crippen LogP contribution in [0.2, 0.25) is 0 Å². The minimum absolute atomic E-state index is 0.167. The van der Waals surface area contributed by atoms with Crippen molar-refractivity contribution in [3.05, 3.63) is 64.7 Å². The second-order valence-electron chi connectivity index (χ2n) is 5.21. The van der Waals surface area contributed by atoms with Gasteiger partial charge in [-0.05, 0) is 46.8 Å². The van der Waals surface area contributed by atoms with Gasteiger partial charge in [-0.1, -0.05) is 23.9 Å². The number of tetrazole rings is 1.